The van der Waals surface area contributed by atoms with E-state index < -0.39 is 0 Å². The Hall–Kier alpha value is -1.76. The monoisotopic (exact) mass is 235 g/mol. The molecule has 1 saturated heterocycles. The maximum atomic E-state index is 5.61. The second-order valence-corrected chi connectivity index (χ2v) is 4.00. The zero-order chi connectivity index (χ0) is 11.7. The van der Waals surface area contributed by atoms with Gasteiger partial charge in [-0.1, -0.05) is 12.1 Å². The van der Waals surface area contributed by atoms with Crippen LogP contribution in [0.3, 0.4) is 0 Å². The molecule has 0 aliphatic carbocycles. The molecule has 2 aromatic rings. The molecule has 17 heavy (non-hydrogen) atoms. The van der Waals surface area contributed by atoms with E-state index in [-0.39, 0.29) is 12.0 Å². The number of H-pyrrole nitrogens is 1. The SMILES string of the molecule is CCC1OCCC1c1nc(-c2ncn[nH]2)no1. The van der Waals surface area contributed by atoms with Crippen LogP contribution in [0.4, 0.5) is 0 Å². The van der Waals surface area contributed by atoms with Crippen molar-refractivity contribution in [1.82, 2.24) is 25.3 Å². The molecule has 0 spiro atoms. The van der Waals surface area contributed by atoms with Crippen LogP contribution in [-0.4, -0.2) is 38.0 Å². The number of nitrogens with zero attached hydrogens (tertiary/aromatic N) is 4. The molecule has 3 rings (SSSR count). The first-order valence-corrected chi connectivity index (χ1v) is 5.69. The lowest BCUT2D eigenvalue weighted by Crippen LogP contribution is -2.13. The molecule has 3 heterocycles. The average Bonchev–Trinajstić information content (AvgIpc) is 3.09. The average molecular weight is 235 g/mol. The van der Waals surface area contributed by atoms with Crippen molar-refractivity contribution in [3.05, 3.63) is 12.2 Å². The smallest absolute Gasteiger partial charge is 0.239 e. The third kappa shape index (κ3) is 1.82. The van der Waals surface area contributed by atoms with E-state index in [0.717, 1.165) is 19.4 Å². The van der Waals surface area contributed by atoms with Crippen LogP contribution in [0.2, 0.25) is 0 Å². The van der Waals surface area contributed by atoms with E-state index in [0.29, 0.717) is 17.5 Å². The van der Waals surface area contributed by atoms with Crippen LogP contribution in [0.1, 0.15) is 31.6 Å². The minimum Gasteiger partial charge on any atom is -0.377 e. The maximum absolute atomic E-state index is 5.61. The van der Waals surface area contributed by atoms with E-state index in [1.807, 2.05) is 0 Å². The van der Waals surface area contributed by atoms with Gasteiger partial charge >= 0.3 is 0 Å². The molecule has 0 bridgehead atoms. The van der Waals surface area contributed by atoms with Crippen molar-refractivity contribution in [2.45, 2.75) is 31.8 Å². The maximum Gasteiger partial charge on any atom is 0.239 e. The highest BCUT2D eigenvalue weighted by atomic mass is 16.5. The molecule has 1 aliphatic heterocycles. The van der Waals surface area contributed by atoms with Crippen molar-refractivity contribution in [2.75, 3.05) is 6.61 Å². The lowest BCUT2D eigenvalue weighted by atomic mass is 10.00. The first-order chi connectivity index (χ1) is 8.38. The van der Waals surface area contributed by atoms with Crippen LogP contribution in [0, 0.1) is 0 Å². The van der Waals surface area contributed by atoms with Gasteiger partial charge in [0.1, 0.15) is 6.33 Å². The zero-order valence-electron chi connectivity index (χ0n) is 9.46. The number of aromatic amines is 1. The summed E-state index contributed by atoms with van der Waals surface area (Å²) >= 11 is 0. The Labute approximate surface area is 97.6 Å². The lowest BCUT2D eigenvalue weighted by Gasteiger charge is -2.11. The summed E-state index contributed by atoms with van der Waals surface area (Å²) in [7, 11) is 0. The van der Waals surface area contributed by atoms with Crippen molar-refractivity contribution in [3.63, 3.8) is 0 Å². The number of hydrogen-bond donors (Lipinski definition) is 1. The van der Waals surface area contributed by atoms with Crippen molar-refractivity contribution < 1.29 is 9.26 Å². The minimum absolute atomic E-state index is 0.179. The van der Waals surface area contributed by atoms with Gasteiger partial charge in [0.25, 0.3) is 0 Å². The molecule has 1 aliphatic rings. The van der Waals surface area contributed by atoms with E-state index in [4.69, 9.17) is 9.26 Å². The summed E-state index contributed by atoms with van der Waals surface area (Å²) in [4.78, 5) is 8.32. The largest absolute Gasteiger partial charge is 0.377 e. The third-order valence-corrected chi connectivity index (χ3v) is 3.00. The van der Waals surface area contributed by atoms with Gasteiger partial charge in [0.05, 0.1) is 12.0 Å². The molecule has 1 fully saturated rings. The molecule has 0 amide bonds. The summed E-state index contributed by atoms with van der Waals surface area (Å²) in [6.07, 6.45) is 3.47. The Kier molecular flexibility index (Phi) is 2.60. The van der Waals surface area contributed by atoms with Gasteiger partial charge in [-0.05, 0) is 12.8 Å². The van der Waals surface area contributed by atoms with Crippen LogP contribution in [-0.2, 0) is 4.74 Å². The van der Waals surface area contributed by atoms with Crippen molar-refractivity contribution in [3.8, 4) is 11.6 Å². The molecule has 90 valence electrons. The molecular weight excluding hydrogens is 222 g/mol. The first-order valence-electron chi connectivity index (χ1n) is 5.69. The van der Waals surface area contributed by atoms with Crippen molar-refractivity contribution in [2.24, 2.45) is 0 Å². The topological polar surface area (TPSA) is 89.7 Å². The van der Waals surface area contributed by atoms with Crippen LogP contribution in [0.25, 0.3) is 11.6 Å². The highest BCUT2D eigenvalue weighted by Crippen LogP contribution is 2.32. The molecule has 0 saturated carbocycles. The van der Waals surface area contributed by atoms with E-state index in [1.165, 1.54) is 6.33 Å². The fourth-order valence-corrected chi connectivity index (χ4v) is 2.13. The number of hydrogen-bond acceptors (Lipinski definition) is 6. The highest BCUT2D eigenvalue weighted by molar-refractivity contribution is 5.39. The summed E-state index contributed by atoms with van der Waals surface area (Å²) in [5.74, 6) is 1.79. The van der Waals surface area contributed by atoms with Gasteiger partial charge < -0.3 is 9.26 Å². The Bertz CT molecular complexity index is 481. The van der Waals surface area contributed by atoms with E-state index in [9.17, 15) is 0 Å². The Morgan fingerprint density at radius 1 is 1.53 bits per heavy atom. The normalized spacial score (nSPS) is 24.3. The Balaban J connectivity index is 1.85. The Morgan fingerprint density at radius 3 is 3.24 bits per heavy atom. The lowest BCUT2D eigenvalue weighted by molar-refractivity contribution is 0.0953. The van der Waals surface area contributed by atoms with E-state index in [1.54, 1.807) is 0 Å². The Morgan fingerprint density at radius 2 is 2.47 bits per heavy atom. The minimum atomic E-state index is 0.179. The molecule has 7 nitrogen and oxygen atoms in total. The van der Waals surface area contributed by atoms with Gasteiger partial charge in [-0.2, -0.15) is 10.1 Å². The van der Waals surface area contributed by atoms with Gasteiger partial charge in [0.2, 0.25) is 11.7 Å². The number of nitrogens with one attached hydrogen (secondary N) is 1. The van der Waals surface area contributed by atoms with E-state index in [2.05, 4.69) is 32.2 Å². The van der Waals surface area contributed by atoms with Gasteiger partial charge in [0.15, 0.2) is 5.82 Å². The second-order valence-electron chi connectivity index (χ2n) is 4.00. The highest BCUT2D eigenvalue weighted by Gasteiger charge is 2.33. The fourth-order valence-electron chi connectivity index (χ4n) is 2.13. The second kappa shape index (κ2) is 4.25. The predicted molar refractivity (Wildman–Crippen MR) is 57.1 cm³/mol. The molecular formula is C10H13N5O2. The van der Waals surface area contributed by atoms with Gasteiger partial charge in [0, 0.05) is 6.61 Å². The van der Waals surface area contributed by atoms with Crippen LogP contribution in [0.15, 0.2) is 10.9 Å². The van der Waals surface area contributed by atoms with Crippen molar-refractivity contribution in [1.29, 1.82) is 0 Å². The summed E-state index contributed by atoms with van der Waals surface area (Å²) in [5.41, 5.74) is 0. The number of rotatable bonds is 3. The summed E-state index contributed by atoms with van der Waals surface area (Å²) in [6, 6.07) is 0. The molecule has 0 radical (unpaired) electrons. The first kappa shape index (κ1) is 10.4. The van der Waals surface area contributed by atoms with Gasteiger partial charge in [-0.3, -0.25) is 5.10 Å². The third-order valence-electron chi connectivity index (χ3n) is 3.00. The molecule has 7 heteroatoms. The number of aromatic nitrogens is 5. The van der Waals surface area contributed by atoms with Gasteiger partial charge in [-0.15, -0.1) is 0 Å². The molecule has 2 unspecified atom stereocenters. The summed E-state index contributed by atoms with van der Waals surface area (Å²) in [5, 5.41) is 10.4. The molecule has 0 aromatic carbocycles. The standard InChI is InChI=1S/C10H13N5O2/c1-2-7-6(3-4-16-7)10-13-9(15-17-10)8-11-5-12-14-8/h5-7H,2-4H2,1H3,(H,11,12,14). The van der Waals surface area contributed by atoms with Crippen LogP contribution in [0.5, 0.6) is 0 Å². The van der Waals surface area contributed by atoms with Crippen LogP contribution >= 0.6 is 0 Å². The molecule has 1 N–H and O–H groups in total. The fraction of sp³-hybridized carbons (Fsp3) is 0.600. The zero-order valence-corrected chi connectivity index (χ0v) is 9.46. The summed E-state index contributed by atoms with van der Waals surface area (Å²) in [6.45, 7) is 2.85. The molecule has 2 aromatic heterocycles. The van der Waals surface area contributed by atoms with Crippen LogP contribution < -0.4 is 0 Å². The van der Waals surface area contributed by atoms with Gasteiger partial charge in [-0.25, -0.2) is 4.98 Å². The quantitative estimate of drug-likeness (QED) is 0.857. The van der Waals surface area contributed by atoms with Crippen molar-refractivity contribution >= 4 is 0 Å². The predicted octanol–water partition coefficient (Wildman–Crippen LogP) is 1.14. The number of ether oxygens (including phenoxy) is 1. The molecule has 2 atom stereocenters. The summed E-state index contributed by atoms with van der Waals surface area (Å²) < 4.78 is 10.9. The van der Waals surface area contributed by atoms with E-state index >= 15 is 0 Å².